The van der Waals surface area contributed by atoms with E-state index in [1.165, 1.54) is 25.3 Å². The molecule has 1 fully saturated rings. The fourth-order valence-corrected chi connectivity index (χ4v) is 3.05. The van der Waals surface area contributed by atoms with E-state index in [0.29, 0.717) is 36.8 Å². The van der Waals surface area contributed by atoms with Crippen LogP contribution in [0.4, 0.5) is 5.82 Å². The zero-order valence-corrected chi connectivity index (χ0v) is 15.3. The van der Waals surface area contributed by atoms with Crippen molar-refractivity contribution in [3.8, 4) is 11.8 Å². The van der Waals surface area contributed by atoms with E-state index in [-0.39, 0.29) is 5.91 Å². The van der Waals surface area contributed by atoms with Gasteiger partial charge in [0.25, 0.3) is 0 Å². The predicted molar refractivity (Wildman–Crippen MR) is 100 cm³/mol. The first-order valence-electron chi connectivity index (χ1n) is 8.89. The van der Waals surface area contributed by atoms with Crippen LogP contribution in [0.5, 0.6) is 6.01 Å². The molecule has 0 unspecified atom stereocenters. The lowest BCUT2D eigenvalue weighted by atomic mass is 10.1. The number of carbonyl (C=O) groups is 1. The maximum Gasteiger partial charge on any atom is 0.318 e. The molecule has 140 valence electrons. The molecule has 1 N–H and O–H groups in total. The monoisotopic (exact) mass is 367 g/mol. The molecule has 1 saturated carbocycles. The normalized spacial score (nSPS) is 13.7. The van der Waals surface area contributed by atoms with Gasteiger partial charge < -0.3 is 19.4 Å². The Bertz CT molecular complexity index is 981. The number of amides is 1. The number of methoxy groups -OCH3 is 1. The average molecular weight is 367 g/mol. The van der Waals surface area contributed by atoms with Gasteiger partial charge in [0.15, 0.2) is 0 Å². The summed E-state index contributed by atoms with van der Waals surface area (Å²) in [6, 6.07) is 4.00. The number of aromatic nitrogens is 4. The van der Waals surface area contributed by atoms with Crippen molar-refractivity contribution in [3.05, 3.63) is 36.3 Å². The number of pyridine rings is 1. The summed E-state index contributed by atoms with van der Waals surface area (Å²) in [4.78, 5) is 24.4. The van der Waals surface area contributed by atoms with E-state index in [2.05, 4.69) is 26.5 Å². The summed E-state index contributed by atoms with van der Waals surface area (Å²) in [5.74, 6) is 1.62. The van der Waals surface area contributed by atoms with E-state index >= 15 is 0 Å². The fraction of sp³-hybridized carbons (Fsp3) is 0.368. The number of nitrogens with zero attached hydrogens (tertiary/aromatic N) is 4. The van der Waals surface area contributed by atoms with Crippen molar-refractivity contribution < 1.29 is 14.3 Å². The summed E-state index contributed by atoms with van der Waals surface area (Å²) in [7, 11) is 1.62. The van der Waals surface area contributed by atoms with Crippen molar-refractivity contribution in [2.75, 3.05) is 25.6 Å². The largest absolute Gasteiger partial charge is 0.461 e. The van der Waals surface area contributed by atoms with Crippen molar-refractivity contribution in [2.24, 2.45) is 0 Å². The SMILES string of the molecule is COCCOc1nccc(-n2cc(C3CC3)c3cnc(NC(C)=O)cc32)n1. The van der Waals surface area contributed by atoms with Crippen molar-refractivity contribution in [1.82, 2.24) is 19.5 Å². The summed E-state index contributed by atoms with van der Waals surface area (Å²) >= 11 is 0. The molecule has 1 amide bonds. The maximum absolute atomic E-state index is 11.4. The molecule has 8 heteroatoms. The van der Waals surface area contributed by atoms with Crippen LogP contribution in [0.25, 0.3) is 16.7 Å². The first-order chi connectivity index (χ1) is 13.2. The Kier molecular flexibility index (Phi) is 4.72. The first kappa shape index (κ1) is 17.4. The summed E-state index contributed by atoms with van der Waals surface area (Å²) in [6.07, 6.45) is 7.96. The van der Waals surface area contributed by atoms with Gasteiger partial charge in [-0.2, -0.15) is 4.98 Å². The lowest BCUT2D eigenvalue weighted by Gasteiger charge is -2.08. The van der Waals surface area contributed by atoms with Gasteiger partial charge in [-0.3, -0.25) is 4.79 Å². The quantitative estimate of drug-likeness (QED) is 0.646. The number of nitrogens with one attached hydrogen (secondary N) is 1. The second-order valence-electron chi connectivity index (χ2n) is 6.54. The van der Waals surface area contributed by atoms with Crippen LogP contribution in [0.3, 0.4) is 0 Å². The van der Waals surface area contributed by atoms with Crippen molar-refractivity contribution in [1.29, 1.82) is 0 Å². The molecule has 1 aliphatic carbocycles. The van der Waals surface area contributed by atoms with Gasteiger partial charge >= 0.3 is 6.01 Å². The molecule has 27 heavy (non-hydrogen) atoms. The maximum atomic E-state index is 11.4. The van der Waals surface area contributed by atoms with Crippen LogP contribution in [0.15, 0.2) is 30.7 Å². The van der Waals surface area contributed by atoms with Crippen LogP contribution in [0, 0.1) is 0 Å². The van der Waals surface area contributed by atoms with Crippen LogP contribution in [-0.4, -0.2) is 45.7 Å². The molecule has 0 saturated heterocycles. The first-order valence-corrected chi connectivity index (χ1v) is 8.89. The zero-order valence-electron chi connectivity index (χ0n) is 15.3. The van der Waals surface area contributed by atoms with Crippen LogP contribution in [-0.2, 0) is 9.53 Å². The van der Waals surface area contributed by atoms with Gasteiger partial charge in [-0.1, -0.05) is 0 Å². The Hall–Kier alpha value is -3.00. The number of hydrogen-bond donors (Lipinski definition) is 1. The zero-order chi connectivity index (χ0) is 18.8. The van der Waals surface area contributed by atoms with Crippen LogP contribution in [0.1, 0.15) is 31.2 Å². The van der Waals surface area contributed by atoms with Crippen LogP contribution < -0.4 is 10.1 Å². The van der Waals surface area contributed by atoms with E-state index in [4.69, 9.17) is 9.47 Å². The van der Waals surface area contributed by atoms with Gasteiger partial charge in [-0.05, 0) is 24.3 Å². The Morgan fingerprint density at radius 2 is 2.19 bits per heavy atom. The second-order valence-corrected chi connectivity index (χ2v) is 6.54. The molecular weight excluding hydrogens is 346 g/mol. The number of fused-ring (bicyclic) bond motifs is 1. The van der Waals surface area contributed by atoms with E-state index in [0.717, 1.165) is 10.9 Å². The highest BCUT2D eigenvalue weighted by molar-refractivity contribution is 5.92. The topological polar surface area (TPSA) is 91.2 Å². The number of rotatable bonds is 7. The van der Waals surface area contributed by atoms with Gasteiger partial charge in [0.1, 0.15) is 18.2 Å². The van der Waals surface area contributed by atoms with E-state index in [1.807, 2.05) is 22.9 Å². The third kappa shape index (κ3) is 3.75. The summed E-state index contributed by atoms with van der Waals surface area (Å²) in [5, 5.41) is 3.82. The average Bonchev–Trinajstić information content (AvgIpc) is 3.43. The third-order valence-electron chi connectivity index (χ3n) is 4.43. The lowest BCUT2D eigenvalue weighted by molar-refractivity contribution is -0.114. The van der Waals surface area contributed by atoms with E-state index < -0.39 is 0 Å². The predicted octanol–water partition coefficient (Wildman–Crippen LogP) is 2.68. The number of hydrogen-bond acceptors (Lipinski definition) is 6. The molecule has 3 aromatic rings. The lowest BCUT2D eigenvalue weighted by Crippen LogP contribution is -2.08. The van der Waals surface area contributed by atoms with E-state index in [1.54, 1.807) is 13.3 Å². The number of ether oxygens (including phenoxy) is 2. The van der Waals surface area contributed by atoms with Gasteiger partial charge in [-0.15, -0.1) is 0 Å². The molecule has 0 aromatic carbocycles. The minimum atomic E-state index is -0.154. The number of carbonyl (C=O) groups excluding carboxylic acids is 1. The van der Waals surface area contributed by atoms with Gasteiger partial charge in [0.2, 0.25) is 5.91 Å². The molecule has 1 aliphatic rings. The molecule has 0 aliphatic heterocycles. The molecule has 3 heterocycles. The molecule has 0 radical (unpaired) electrons. The minimum absolute atomic E-state index is 0.154. The number of anilines is 1. The van der Waals surface area contributed by atoms with E-state index in [9.17, 15) is 4.79 Å². The van der Waals surface area contributed by atoms with Crippen molar-refractivity contribution in [3.63, 3.8) is 0 Å². The van der Waals surface area contributed by atoms with Crippen molar-refractivity contribution in [2.45, 2.75) is 25.7 Å². The fourth-order valence-electron chi connectivity index (χ4n) is 3.05. The highest BCUT2D eigenvalue weighted by Gasteiger charge is 2.28. The van der Waals surface area contributed by atoms with Gasteiger partial charge in [0.05, 0.1) is 12.1 Å². The summed E-state index contributed by atoms with van der Waals surface area (Å²) in [5.41, 5.74) is 2.20. The Morgan fingerprint density at radius 1 is 1.33 bits per heavy atom. The summed E-state index contributed by atoms with van der Waals surface area (Å²) in [6.45, 7) is 2.32. The van der Waals surface area contributed by atoms with Gasteiger partial charge in [0, 0.05) is 50.1 Å². The smallest absolute Gasteiger partial charge is 0.318 e. The van der Waals surface area contributed by atoms with Gasteiger partial charge in [-0.25, -0.2) is 9.97 Å². The molecule has 0 bridgehead atoms. The standard InChI is InChI=1S/C19H21N5O3/c1-12(25)22-17-9-16-14(10-21-17)15(13-3-4-13)11-24(16)18-5-6-20-19(23-18)27-8-7-26-2/h5-6,9-11,13H,3-4,7-8H2,1-2H3,(H,21,22,25). The second kappa shape index (κ2) is 7.32. The molecule has 4 rings (SSSR count). The van der Waals surface area contributed by atoms with Crippen molar-refractivity contribution >= 4 is 22.6 Å². The third-order valence-corrected chi connectivity index (χ3v) is 4.43. The highest BCUT2D eigenvalue weighted by atomic mass is 16.5. The molecule has 0 spiro atoms. The Labute approximate surface area is 156 Å². The summed E-state index contributed by atoms with van der Waals surface area (Å²) < 4.78 is 12.5. The molecule has 0 atom stereocenters. The highest BCUT2D eigenvalue weighted by Crippen LogP contribution is 2.44. The Morgan fingerprint density at radius 3 is 2.93 bits per heavy atom. The van der Waals surface area contributed by atoms with Crippen LogP contribution >= 0.6 is 0 Å². The molecule has 3 aromatic heterocycles. The van der Waals surface area contributed by atoms with Crippen LogP contribution in [0.2, 0.25) is 0 Å². The molecule has 8 nitrogen and oxygen atoms in total. The Balaban J connectivity index is 1.75. The minimum Gasteiger partial charge on any atom is -0.461 e. The molecular formula is C19H21N5O3.